The van der Waals surface area contributed by atoms with Gasteiger partial charge in [0.25, 0.3) is 11.8 Å². The monoisotopic (exact) mass is 482 g/mol. The summed E-state index contributed by atoms with van der Waals surface area (Å²) in [7, 11) is 4.45. The predicted molar refractivity (Wildman–Crippen MR) is 129 cm³/mol. The van der Waals surface area contributed by atoms with Crippen molar-refractivity contribution in [3.63, 3.8) is 0 Å². The van der Waals surface area contributed by atoms with Crippen molar-refractivity contribution < 1.29 is 28.5 Å². The maximum atomic E-state index is 13.0. The van der Waals surface area contributed by atoms with Crippen molar-refractivity contribution in [3.05, 3.63) is 70.7 Å². The first-order chi connectivity index (χ1) is 16.4. The summed E-state index contributed by atoms with van der Waals surface area (Å²) in [6.45, 7) is 0.255. The van der Waals surface area contributed by atoms with Crippen LogP contribution in [-0.4, -0.2) is 39.8 Å². The van der Waals surface area contributed by atoms with Crippen LogP contribution in [0.4, 0.5) is 11.4 Å². The Kier molecular flexibility index (Phi) is 6.79. The summed E-state index contributed by atoms with van der Waals surface area (Å²) >= 11 is 6.10. The SMILES string of the molecule is COc1cc(C(=O)Nc2ccc3c(c2)N(Cc2cccc(Cl)c2)C(=O)CO3)cc(OC)c1OC. The van der Waals surface area contributed by atoms with Crippen LogP contribution in [0.5, 0.6) is 23.0 Å². The topological polar surface area (TPSA) is 86.3 Å². The van der Waals surface area contributed by atoms with E-state index in [1.165, 1.54) is 21.3 Å². The lowest BCUT2D eigenvalue weighted by atomic mass is 10.1. The maximum Gasteiger partial charge on any atom is 0.265 e. The molecule has 0 saturated carbocycles. The van der Waals surface area contributed by atoms with Crippen LogP contribution in [0.15, 0.2) is 54.6 Å². The van der Waals surface area contributed by atoms with Crippen LogP contribution >= 0.6 is 11.6 Å². The number of methoxy groups -OCH3 is 3. The number of anilines is 2. The molecular weight excluding hydrogens is 460 g/mol. The van der Waals surface area contributed by atoms with Crippen LogP contribution < -0.4 is 29.2 Å². The fourth-order valence-corrected chi connectivity index (χ4v) is 3.90. The summed E-state index contributed by atoms with van der Waals surface area (Å²) < 4.78 is 21.6. The van der Waals surface area contributed by atoms with Gasteiger partial charge in [0.1, 0.15) is 5.75 Å². The number of carbonyl (C=O) groups is 2. The van der Waals surface area contributed by atoms with Gasteiger partial charge in [-0.05, 0) is 48.0 Å². The van der Waals surface area contributed by atoms with E-state index in [1.807, 2.05) is 12.1 Å². The summed E-state index contributed by atoms with van der Waals surface area (Å²) in [5.74, 6) is 1.09. The molecule has 4 rings (SSSR count). The van der Waals surface area contributed by atoms with Gasteiger partial charge in [-0.1, -0.05) is 23.7 Å². The molecule has 0 fully saturated rings. The standard InChI is InChI=1S/C25H23ClN2O6/c1-31-21-10-16(11-22(32-2)24(21)33-3)25(30)27-18-7-8-20-19(12-18)28(23(29)14-34-20)13-15-5-4-6-17(26)9-15/h4-12H,13-14H2,1-3H3,(H,27,30). The molecule has 1 heterocycles. The Bertz CT molecular complexity index is 1220. The van der Waals surface area contributed by atoms with Gasteiger partial charge in [0.15, 0.2) is 18.1 Å². The average Bonchev–Trinajstić information content (AvgIpc) is 2.84. The maximum absolute atomic E-state index is 13.0. The molecule has 0 unspecified atom stereocenters. The molecule has 34 heavy (non-hydrogen) atoms. The number of carbonyl (C=O) groups excluding carboxylic acids is 2. The molecule has 3 aromatic rings. The zero-order valence-electron chi connectivity index (χ0n) is 18.9. The smallest absolute Gasteiger partial charge is 0.265 e. The van der Waals surface area contributed by atoms with E-state index in [4.69, 9.17) is 30.5 Å². The van der Waals surface area contributed by atoms with E-state index in [0.717, 1.165) is 5.56 Å². The molecule has 0 atom stereocenters. The van der Waals surface area contributed by atoms with Gasteiger partial charge in [-0.15, -0.1) is 0 Å². The van der Waals surface area contributed by atoms with Crippen LogP contribution in [0, 0.1) is 0 Å². The number of amides is 2. The van der Waals surface area contributed by atoms with E-state index < -0.39 is 0 Å². The normalized spacial score (nSPS) is 12.5. The summed E-state index contributed by atoms with van der Waals surface area (Å²) in [5, 5.41) is 3.44. The largest absolute Gasteiger partial charge is 0.493 e. The van der Waals surface area contributed by atoms with Gasteiger partial charge in [0.2, 0.25) is 5.75 Å². The number of halogens is 1. The van der Waals surface area contributed by atoms with E-state index in [1.54, 1.807) is 47.4 Å². The number of nitrogens with one attached hydrogen (secondary N) is 1. The highest BCUT2D eigenvalue weighted by Gasteiger charge is 2.26. The second kappa shape index (κ2) is 9.93. The quantitative estimate of drug-likeness (QED) is 0.532. The van der Waals surface area contributed by atoms with Crippen LogP contribution in [0.25, 0.3) is 0 Å². The van der Waals surface area contributed by atoms with E-state index >= 15 is 0 Å². The molecule has 1 aliphatic heterocycles. The Morgan fingerprint density at radius 2 is 1.76 bits per heavy atom. The van der Waals surface area contributed by atoms with Crippen molar-refractivity contribution >= 4 is 34.8 Å². The molecule has 9 heteroatoms. The van der Waals surface area contributed by atoms with Gasteiger partial charge in [-0.25, -0.2) is 0 Å². The number of hydrogen-bond acceptors (Lipinski definition) is 6. The number of nitrogens with zero attached hydrogens (tertiary/aromatic N) is 1. The summed E-state index contributed by atoms with van der Waals surface area (Å²) in [4.78, 5) is 27.3. The molecule has 0 aromatic heterocycles. The third-order valence-electron chi connectivity index (χ3n) is 5.32. The molecule has 176 valence electrons. The highest BCUT2D eigenvalue weighted by atomic mass is 35.5. The number of benzene rings is 3. The Morgan fingerprint density at radius 1 is 1.03 bits per heavy atom. The number of hydrogen-bond donors (Lipinski definition) is 1. The van der Waals surface area contributed by atoms with E-state index in [9.17, 15) is 9.59 Å². The zero-order chi connectivity index (χ0) is 24.2. The third kappa shape index (κ3) is 4.72. The van der Waals surface area contributed by atoms with Gasteiger partial charge < -0.3 is 29.2 Å². The molecular formula is C25H23ClN2O6. The predicted octanol–water partition coefficient (Wildman–Crippen LogP) is 4.54. The van der Waals surface area contributed by atoms with Gasteiger partial charge >= 0.3 is 0 Å². The Balaban J connectivity index is 1.62. The van der Waals surface area contributed by atoms with Crippen molar-refractivity contribution in [2.75, 3.05) is 38.2 Å². The van der Waals surface area contributed by atoms with E-state index in [2.05, 4.69) is 5.32 Å². The lowest BCUT2D eigenvalue weighted by Gasteiger charge is -2.30. The number of rotatable bonds is 7. The van der Waals surface area contributed by atoms with Crippen LogP contribution in [0.2, 0.25) is 5.02 Å². The minimum Gasteiger partial charge on any atom is -0.493 e. The Labute approximate surface area is 201 Å². The lowest BCUT2D eigenvalue weighted by molar-refractivity contribution is -0.121. The molecule has 0 aliphatic carbocycles. The van der Waals surface area contributed by atoms with E-state index in [-0.39, 0.29) is 18.4 Å². The van der Waals surface area contributed by atoms with Gasteiger partial charge in [0, 0.05) is 16.3 Å². The third-order valence-corrected chi connectivity index (χ3v) is 5.55. The fourth-order valence-electron chi connectivity index (χ4n) is 3.69. The summed E-state index contributed by atoms with van der Waals surface area (Å²) in [5.41, 5.74) is 2.24. The minimum atomic E-state index is -0.386. The summed E-state index contributed by atoms with van der Waals surface area (Å²) in [6, 6.07) is 15.6. The second-order valence-electron chi connectivity index (χ2n) is 7.45. The molecule has 3 aromatic carbocycles. The van der Waals surface area contributed by atoms with Gasteiger partial charge in [0.05, 0.1) is 33.6 Å². The number of ether oxygens (including phenoxy) is 4. The molecule has 0 spiro atoms. The number of fused-ring (bicyclic) bond motifs is 1. The van der Waals surface area contributed by atoms with Crippen molar-refractivity contribution in [1.29, 1.82) is 0 Å². The molecule has 1 N–H and O–H groups in total. The van der Waals surface area contributed by atoms with Crippen molar-refractivity contribution in [2.24, 2.45) is 0 Å². The molecule has 0 radical (unpaired) electrons. The van der Waals surface area contributed by atoms with Crippen LogP contribution in [-0.2, 0) is 11.3 Å². The molecule has 8 nitrogen and oxygen atoms in total. The second-order valence-corrected chi connectivity index (χ2v) is 7.89. The lowest BCUT2D eigenvalue weighted by Crippen LogP contribution is -2.38. The highest BCUT2D eigenvalue weighted by Crippen LogP contribution is 2.39. The van der Waals surface area contributed by atoms with Crippen LogP contribution in [0.3, 0.4) is 0 Å². The molecule has 0 bridgehead atoms. The Hall–Kier alpha value is -3.91. The molecule has 2 amide bonds. The highest BCUT2D eigenvalue weighted by molar-refractivity contribution is 6.30. The van der Waals surface area contributed by atoms with Gasteiger partial charge in [-0.3, -0.25) is 9.59 Å². The first-order valence-electron chi connectivity index (χ1n) is 10.4. The molecule has 0 saturated heterocycles. The average molecular weight is 483 g/mol. The van der Waals surface area contributed by atoms with Gasteiger partial charge in [-0.2, -0.15) is 0 Å². The first kappa shape index (κ1) is 23.3. The van der Waals surface area contributed by atoms with Crippen molar-refractivity contribution in [3.8, 4) is 23.0 Å². The van der Waals surface area contributed by atoms with Crippen LogP contribution in [0.1, 0.15) is 15.9 Å². The minimum absolute atomic E-state index is 0.0648. The Morgan fingerprint density at radius 3 is 2.41 bits per heavy atom. The fraction of sp³-hybridized carbons (Fsp3) is 0.200. The van der Waals surface area contributed by atoms with Crippen molar-refractivity contribution in [2.45, 2.75) is 6.54 Å². The van der Waals surface area contributed by atoms with E-state index in [0.29, 0.717) is 51.5 Å². The van der Waals surface area contributed by atoms with Crippen molar-refractivity contribution in [1.82, 2.24) is 0 Å². The zero-order valence-corrected chi connectivity index (χ0v) is 19.6. The first-order valence-corrected chi connectivity index (χ1v) is 10.7. The summed E-state index contributed by atoms with van der Waals surface area (Å²) in [6.07, 6.45) is 0. The molecule has 1 aliphatic rings.